The Bertz CT molecular complexity index is 798. The number of carbonyl (C=O) groups is 1. The summed E-state index contributed by atoms with van der Waals surface area (Å²) in [6.07, 6.45) is 0. The van der Waals surface area contributed by atoms with Gasteiger partial charge in [0, 0.05) is 10.3 Å². The van der Waals surface area contributed by atoms with Crippen LogP contribution in [0, 0.1) is 0 Å². The largest absolute Gasteiger partial charge is 0.314 e. The maximum absolute atomic E-state index is 11.9. The van der Waals surface area contributed by atoms with Gasteiger partial charge in [0.25, 0.3) is 5.91 Å². The maximum Gasteiger partial charge on any atom is 0.262 e. The fourth-order valence-electron chi connectivity index (χ4n) is 2.65. The zero-order valence-corrected chi connectivity index (χ0v) is 15.5. The van der Waals surface area contributed by atoms with Crippen LogP contribution in [0.3, 0.4) is 0 Å². The van der Waals surface area contributed by atoms with Gasteiger partial charge in [-0.3, -0.25) is 4.79 Å². The molecule has 0 saturated carbocycles. The second kappa shape index (κ2) is 6.44. The molecule has 0 N–H and O–H groups in total. The first kappa shape index (κ1) is 17.4. The highest BCUT2D eigenvalue weighted by Crippen LogP contribution is 2.43. The summed E-state index contributed by atoms with van der Waals surface area (Å²) < 4.78 is 23.9. The average Bonchev–Trinajstić information content (AvgIpc) is 2.92. The van der Waals surface area contributed by atoms with E-state index in [-0.39, 0.29) is 28.7 Å². The van der Waals surface area contributed by atoms with Gasteiger partial charge in [-0.25, -0.2) is 8.42 Å². The van der Waals surface area contributed by atoms with E-state index in [0.717, 1.165) is 0 Å². The Balaban J connectivity index is 2.08. The second-order valence-corrected chi connectivity index (χ2v) is 9.66. The van der Waals surface area contributed by atoms with E-state index in [9.17, 15) is 13.2 Å². The summed E-state index contributed by atoms with van der Waals surface area (Å²) in [7, 11) is -3.13. The minimum absolute atomic E-state index is 0.0123. The number of alkyl halides is 1. The molecule has 23 heavy (non-hydrogen) atoms. The average molecular weight is 414 g/mol. The monoisotopic (exact) mass is 412 g/mol. The number of benzene rings is 1. The highest BCUT2D eigenvalue weighted by Gasteiger charge is 2.49. The van der Waals surface area contributed by atoms with Crippen molar-refractivity contribution in [2.45, 2.75) is 11.3 Å². The molecule has 5 nitrogen and oxygen atoms in total. The van der Waals surface area contributed by atoms with Crippen LogP contribution in [0.4, 0.5) is 5.69 Å². The lowest BCUT2D eigenvalue weighted by atomic mass is 10.2. The van der Waals surface area contributed by atoms with Crippen molar-refractivity contribution in [3.8, 4) is 0 Å². The molecule has 0 aromatic heterocycles. The number of amides is 1. The van der Waals surface area contributed by atoms with Crippen LogP contribution in [-0.2, 0) is 14.6 Å². The zero-order chi connectivity index (χ0) is 16.8. The molecule has 0 aliphatic carbocycles. The molecular formula is C13H11Cl3N2O3S2. The first-order chi connectivity index (χ1) is 10.8. The fourth-order valence-corrected chi connectivity index (χ4v) is 7.01. The van der Waals surface area contributed by atoms with Crippen LogP contribution < -0.4 is 4.90 Å². The summed E-state index contributed by atoms with van der Waals surface area (Å²) in [5, 5.41) is 1.08. The third-order valence-electron chi connectivity index (χ3n) is 3.57. The van der Waals surface area contributed by atoms with E-state index < -0.39 is 15.7 Å². The Labute approximate surface area is 152 Å². The lowest BCUT2D eigenvalue weighted by Crippen LogP contribution is -2.38. The lowest BCUT2D eigenvalue weighted by Gasteiger charge is -2.25. The van der Waals surface area contributed by atoms with Crippen molar-refractivity contribution in [3.05, 3.63) is 28.2 Å². The van der Waals surface area contributed by atoms with Crippen LogP contribution in [-0.4, -0.2) is 48.2 Å². The van der Waals surface area contributed by atoms with Crippen molar-refractivity contribution >= 4 is 73.2 Å². The first-order valence-electron chi connectivity index (χ1n) is 6.59. The molecule has 1 aromatic carbocycles. The summed E-state index contributed by atoms with van der Waals surface area (Å²) in [4.78, 5) is 17.3. The number of halogens is 3. The van der Waals surface area contributed by atoms with Crippen LogP contribution in [0.5, 0.6) is 0 Å². The highest BCUT2D eigenvalue weighted by molar-refractivity contribution is 8.16. The van der Waals surface area contributed by atoms with Crippen molar-refractivity contribution in [1.82, 2.24) is 0 Å². The fraction of sp³-hybridized carbons (Fsp3) is 0.385. The lowest BCUT2D eigenvalue weighted by molar-refractivity contribution is -0.115. The molecule has 2 heterocycles. The van der Waals surface area contributed by atoms with Crippen molar-refractivity contribution < 1.29 is 13.2 Å². The summed E-state index contributed by atoms with van der Waals surface area (Å²) in [6, 6.07) is 4.57. The summed E-state index contributed by atoms with van der Waals surface area (Å²) >= 11 is 19.1. The van der Waals surface area contributed by atoms with E-state index in [1.165, 1.54) is 11.8 Å². The number of amidine groups is 1. The molecule has 0 unspecified atom stereocenters. The maximum atomic E-state index is 11.9. The summed E-state index contributed by atoms with van der Waals surface area (Å²) in [5.74, 6) is -0.693. The van der Waals surface area contributed by atoms with E-state index in [4.69, 9.17) is 34.8 Å². The van der Waals surface area contributed by atoms with Gasteiger partial charge in [-0.05, 0) is 18.2 Å². The Morgan fingerprint density at radius 2 is 2.09 bits per heavy atom. The zero-order valence-electron chi connectivity index (χ0n) is 11.6. The van der Waals surface area contributed by atoms with E-state index in [2.05, 4.69) is 4.99 Å². The van der Waals surface area contributed by atoms with Crippen molar-refractivity contribution in [3.63, 3.8) is 0 Å². The molecular weight excluding hydrogens is 403 g/mol. The molecule has 0 radical (unpaired) electrons. The van der Waals surface area contributed by atoms with Gasteiger partial charge >= 0.3 is 0 Å². The van der Waals surface area contributed by atoms with Gasteiger partial charge in [0.1, 0.15) is 5.88 Å². The third-order valence-corrected chi connectivity index (χ3v) is 7.56. The van der Waals surface area contributed by atoms with Gasteiger partial charge in [0.05, 0.1) is 28.3 Å². The van der Waals surface area contributed by atoms with Crippen LogP contribution in [0.2, 0.25) is 10.0 Å². The Morgan fingerprint density at radius 3 is 2.78 bits per heavy atom. The SMILES string of the molecule is O=C(CCl)N=C1S[C@@H]2CS(=O)(=O)C[C@H]2N1c1cc(Cl)ccc1Cl. The van der Waals surface area contributed by atoms with Gasteiger partial charge in [-0.15, -0.1) is 11.6 Å². The molecule has 0 spiro atoms. The molecule has 2 fully saturated rings. The minimum Gasteiger partial charge on any atom is -0.314 e. The molecule has 0 bridgehead atoms. The smallest absolute Gasteiger partial charge is 0.262 e. The van der Waals surface area contributed by atoms with Crippen LogP contribution >= 0.6 is 46.6 Å². The second-order valence-electron chi connectivity index (χ2n) is 5.19. The predicted octanol–water partition coefficient (Wildman–Crippen LogP) is 2.83. The summed E-state index contributed by atoms with van der Waals surface area (Å²) in [5.41, 5.74) is 0.539. The minimum atomic E-state index is -3.13. The Hall–Kier alpha value is -0.470. The number of carbonyl (C=O) groups excluding carboxylic acids is 1. The van der Waals surface area contributed by atoms with Gasteiger partial charge < -0.3 is 4.90 Å². The van der Waals surface area contributed by atoms with E-state index in [1.54, 1.807) is 23.1 Å². The van der Waals surface area contributed by atoms with Crippen LogP contribution in [0.15, 0.2) is 23.2 Å². The highest BCUT2D eigenvalue weighted by atomic mass is 35.5. The number of anilines is 1. The van der Waals surface area contributed by atoms with Crippen molar-refractivity contribution in [2.24, 2.45) is 4.99 Å². The van der Waals surface area contributed by atoms with Crippen molar-refractivity contribution in [2.75, 3.05) is 22.3 Å². The number of thioether (sulfide) groups is 1. The molecule has 124 valence electrons. The standard InChI is InChI=1S/C13H11Cl3N2O3S2/c14-4-12(19)17-13-18(9-3-7(15)1-2-8(9)16)10-5-23(20,21)6-11(10)22-13/h1-3,10-11H,4-6H2/t10-,11-/m1/s1. The van der Waals surface area contributed by atoms with Gasteiger partial charge in [-0.2, -0.15) is 4.99 Å². The number of fused-ring (bicyclic) bond motifs is 1. The number of rotatable bonds is 2. The van der Waals surface area contributed by atoms with E-state index in [1.807, 2.05) is 0 Å². The molecule has 1 aromatic rings. The number of aliphatic imine (C=N–C) groups is 1. The first-order valence-corrected chi connectivity index (χ1v) is 10.6. The van der Waals surface area contributed by atoms with Crippen LogP contribution in [0.25, 0.3) is 0 Å². The Morgan fingerprint density at radius 1 is 1.35 bits per heavy atom. The number of nitrogens with zero attached hydrogens (tertiary/aromatic N) is 2. The van der Waals surface area contributed by atoms with E-state index >= 15 is 0 Å². The van der Waals surface area contributed by atoms with Crippen LogP contribution in [0.1, 0.15) is 0 Å². The van der Waals surface area contributed by atoms with Gasteiger partial charge in [-0.1, -0.05) is 35.0 Å². The molecule has 2 aliphatic rings. The molecule has 3 rings (SSSR count). The van der Waals surface area contributed by atoms with E-state index in [0.29, 0.717) is 20.9 Å². The number of sulfone groups is 1. The van der Waals surface area contributed by atoms with Gasteiger partial charge in [0.2, 0.25) is 0 Å². The molecule has 2 saturated heterocycles. The number of hydrogen-bond donors (Lipinski definition) is 0. The molecule has 2 aliphatic heterocycles. The number of hydrogen-bond acceptors (Lipinski definition) is 4. The quantitative estimate of drug-likeness (QED) is 0.698. The Kier molecular flexibility index (Phi) is 4.86. The predicted molar refractivity (Wildman–Crippen MR) is 95.9 cm³/mol. The normalized spacial score (nSPS) is 27.4. The topological polar surface area (TPSA) is 66.8 Å². The molecule has 10 heteroatoms. The molecule has 2 atom stereocenters. The van der Waals surface area contributed by atoms with Gasteiger partial charge in [0.15, 0.2) is 15.0 Å². The third kappa shape index (κ3) is 3.49. The summed E-state index contributed by atoms with van der Waals surface area (Å²) in [6.45, 7) is 0. The molecule has 1 amide bonds. The van der Waals surface area contributed by atoms with Crippen molar-refractivity contribution in [1.29, 1.82) is 0 Å².